The summed E-state index contributed by atoms with van der Waals surface area (Å²) >= 11 is 0. The van der Waals surface area contributed by atoms with Crippen LogP contribution >= 0.6 is 0 Å². The van der Waals surface area contributed by atoms with Crippen molar-refractivity contribution < 1.29 is 13.9 Å². The molecule has 1 aliphatic heterocycles. The largest absolute Gasteiger partial charge is 0.497 e. The van der Waals surface area contributed by atoms with Crippen molar-refractivity contribution in [1.82, 2.24) is 0 Å². The number of hydrogen-bond acceptors (Lipinski definition) is 3. The van der Waals surface area contributed by atoms with Crippen molar-refractivity contribution in [2.45, 2.75) is 24.9 Å². The normalized spacial score (nSPS) is 17.9. The number of benzene rings is 5. The molecule has 0 spiro atoms. The Morgan fingerprint density at radius 3 is 2.20 bits per heavy atom. The first-order valence-electron chi connectivity index (χ1n) is 13.3. The fourth-order valence-corrected chi connectivity index (χ4v) is 6.52. The summed E-state index contributed by atoms with van der Waals surface area (Å²) in [5.74, 6) is 1.24. The molecule has 0 saturated heterocycles. The average Bonchev–Trinajstić information content (AvgIpc) is 3.23. The van der Waals surface area contributed by atoms with Crippen LogP contribution in [-0.4, -0.2) is 7.11 Å². The Balaban J connectivity index is 1.53. The maximum Gasteiger partial charge on any atom is 0.178 e. The van der Waals surface area contributed by atoms with Gasteiger partial charge in [-0.1, -0.05) is 74.5 Å². The molecule has 40 heavy (non-hydrogen) atoms. The van der Waals surface area contributed by atoms with Crippen LogP contribution in [0, 0.1) is 17.1 Å². The molecule has 4 heteroatoms. The van der Waals surface area contributed by atoms with E-state index in [0.29, 0.717) is 5.56 Å². The number of halogens is 1. The molecule has 7 rings (SSSR count). The van der Waals surface area contributed by atoms with Crippen molar-refractivity contribution in [2.24, 2.45) is 0 Å². The lowest BCUT2D eigenvalue weighted by atomic mass is 9.76. The average molecular weight is 524 g/mol. The summed E-state index contributed by atoms with van der Waals surface area (Å²) in [7, 11) is 1.64. The van der Waals surface area contributed by atoms with Crippen molar-refractivity contribution in [1.29, 1.82) is 5.26 Å². The van der Waals surface area contributed by atoms with E-state index in [1.807, 2.05) is 42.5 Å². The third kappa shape index (κ3) is 3.28. The summed E-state index contributed by atoms with van der Waals surface area (Å²) in [6.45, 7) is 4.43. The first-order valence-corrected chi connectivity index (χ1v) is 13.3. The Morgan fingerprint density at radius 2 is 1.52 bits per heavy atom. The molecular weight excluding hydrogens is 497 g/mol. The molecule has 0 N–H and O–H groups in total. The second-order valence-electron chi connectivity index (χ2n) is 10.9. The second-order valence-corrected chi connectivity index (χ2v) is 10.9. The number of fused-ring (bicyclic) bond motifs is 8. The maximum absolute atomic E-state index is 14.1. The highest BCUT2D eigenvalue weighted by Gasteiger charge is 2.44. The van der Waals surface area contributed by atoms with Crippen molar-refractivity contribution in [2.75, 3.05) is 7.11 Å². The van der Waals surface area contributed by atoms with Gasteiger partial charge in [-0.15, -0.1) is 0 Å². The Kier molecular flexibility index (Phi) is 5.18. The molecule has 0 amide bonds. The predicted octanol–water partition coefficient (Wildman–Crippen LogP) is 8.51. The Morgan fingerprint density at radius 1 is 0.850 bits per heavy atom. The van der Waals surface area contributed by atoms with Gasteiger partial charge in [0, 0.05) is 27.5 Å². The molecule has 194 valence electrons. The fourth-order valence-electron chi connectivity index (χ4n) is 6.52. The molecule has 0 saturated carbocycles. The molecule has 0 radical (unpaired) electrons. The van der Waals surface area contributed by atoms with Gasteiger partial charge >= 0.3 is 0 Å². The number of ether oxygens (including phenoxy) is 2. The Labute approximate surface area is 232 Å². The third-order valence-electron chi connectivity index (χ3n) is 8.46. The van der Waals surface area contributed by atoms with Crippen LogP contribution in [0.25, 0.3) is 28.0 Å². The Bertz CT molecular complexity index is 1900. The highest BCUT2D eigenvalue weighted by Crippen LogP contribution is 2.58. The smallest absolute Gasteiger partial charge is 0.178 e. The molecule has 1 atom stereocenters. The first-order chi connectivity index (χ1) is 19.4. The number of nitrogens with zero attached hydrogens (tertiary/aromatic N) is 1. The van der Waals surface area contributed by atoms with E-state index in [4.69, 9.17) is 9.47 Å². The van der Waals surface area contributed by atoms with Gasteiger partial charge in [0.05, 0.1) is 18.7 Å². The van der Waals surface area contributed by atoms with Gasteiger partial charge in [-0.05, 0) is 70.1 Å². The SMILES string of the molecule is COc1ccc(C2(c3ccc(F)cc3)C=Cc3c4c(c5ccccc5c3O2)-c2ccc(C#N)cc2C4(C)C)cc1. The molecule has 0 bridgehead atoms. The number of nitriles is 1. The van der Waals surface area contributed by atoms with Gasteiger partial charge in [0.2, 0.25) is 0 Å². The van der Waals surface area contributed by atoms with Crippen molar-refractivity contribution in [3.8, 4) is 28.7 Å². The van der Waals surface area contributed by atoms with E-state index in [-0.39, 0.29) is 11.2 Å². The number of hydrogen-bond donors (Lipinski definition) is 0. The monoisotopic (exact) mass is 523 g/mol. The van der Waals surface area contributed by atoms with E-state index in [1.165, 1.54) is 23.3 Å². The van der Waals surface area contributed by atoms with Gasteiger partial charge in [-0.3, -0.25) is 0 Å². The van der Waals surface area contributed by atoms with Crippen molar-refractivity contribution >= 4 is 16.8 Å². The van der Waals surface area contributed by atoms with Gasteiger partial charge in [0.15, 0.2) is 5.60 Å². The molecule has 5 aromatic carbocycles. The Hall–Kier alpha value is -4.88. The zero-order chi connectivity index (χ0) is 27.6. The van der Waals surface area contributed by atoms with Crippen LogP contribution < -0.4 is 9.47 Å². The second kappa shape index (κ2) is 8.56. The minimum Gasteiger partial charge on any atom is -0.497 e. The summed E-state index contributed by atoms with van der Waals surface area (Å²) in [5, 5.41) is 11.7. The lowest BCUT2D eigenvalue weighted by Gasteiger charge is -2.38. The van der Waals surface area contributed by atoms with Crippen LogP contribution in [0.4, 0.5) is 4.39 Å². The topological polar surface area (TPSA) is 42.2 Å². The van der Waals surface area contributed by atoms with Gasteiger partial charge in [0.1, 0.15) is 17.3 Å². The van der Waals surface area contributed by atoms with Crippen LogP contribution in [0.3, 0.4) is 0 Å². The van der Waals surface area contributed by atoms with Crippen molar-refractivity contribution in [3.63, 3.8) is 0 Å². The van der Waals surface area contributed by atoms with Crippen LogP contribution in [0.15, 0.2) is 97.1 Å². The molecule has 1 heterocycles. The van der Waals surface area contributed by atoms with Crippen LogP contribution in [0.5, 0.6) is 11.5 Å². The zero-order valence-corrected chi connectivity index (χ0v) is 22.5. The molecule has 2 aliphatic rings. The summed E-state index contributed by atoms with van der Waals surface area (Å²) in [4.78, 5) is 0. The molecule has 0 fully saturated rings. The van der Waals surface area contributed by atoms with Crippen LogP contribution in [-0.2, 0) is 11.0 Å². The molecule has 1 aliphatic carbocycles. The van der Waals surface area contributed by atoms with E-state index < -0.39 is 5.60 Å². The highest BCUT2D eigenvalue weighted by molar-refractivity contribution is 6.08. The summed E-state index contributed by atoms with van der Waals surface area (Å²) < 4.78 is 26.6. The van der Waals surface area contributed by atoms with E-state index >= 15 is 0 Å². The van der Waals surface area contributed by atoms with Gasteiger partial charge in [-0.25, -0.2) is 4.39 Å². The van der Waals surface area contributed by atoms with E-state index in [9.17, 15) is 9.65 Å². The predicted molar refractivity (Wildman–Crippen MR) is 156 cm³/mol. The standard InChI is InChI=1S/C36H26FNO2/c1-35(2)31-20-22(21-38)8-17-29(31)32-27-6-4-5-7-28(27)34-30(33(32)35)18-19-36(40-34,23-9-13-25(37)14-10-23)24-11-15-26(39-3)16-12-24/h4-20H,1-3H3. The maximum atomic E-state index is 14.1. The first kappa shape index (κ1) is 24.2. The van der Waals surface area contributed by atoms with Gasteiger partial charge in [0.25, 0.3) is 0 Å². The molecule has 3 nitrogen and oxygen atoms in total. The highest BCUT2D eigenvalue weighted by atomic mass is 19.1. The summed E-state index contributed by atoms with van der Waals surface area (Å²) in [6, 6.07) is 31.0. The minimum absolute atomic E-state index is 0.298. The summed E-state index contributed by atoms with van der Waals surface area (Å²) in [5.41, 5.74) is 6.74. The number of rotatable bonds is 3. The molecule has 5 aromatic rings. The molecule has 1 unspecified atom stereocenters. The quantitative estimate of drug-likeness (QED) is 0.238. The van der Waals surface area contributed by atoms with E-state index in [0.717, 1.165) is 50.1 Å². The van der Waals surface area contributed by atoms with Gasteiger partial charge < -0.3 is 9.47 Å². The minimum atomic E-state index is -0.979. The van der Waals surface area contributed by atoms with Gasteiger partial charge in [-0.2, -0.15) is 5.26 Å². The zero-order valence-electron chi connectivity index (χ0n) is 22.5. The third-order valence-corrected chi connectivity index (χ3v) is 8.46. The van der Waals surface area contributed by atoms with Crippen molar-refractivity contribution in [3.05, 3.63) is 136 Å². The van der Waals surface area contributed by atoms with Crippen LogP contribution in [0.1, 0.15) is 47.2 Å². The van der Waals surface area contributed by atoms with E-state index in [2.05, 4.69) is 56.3 Å². The lowest BCUT2D eigenvalue weighted by molar-refractivity contribution is 0.163. The molecule has 0 aromatic heterocycles. The lowest BCUT2D eigenvalue weighted by Crippen LogP contribution is -2.35. The van der Waals surface area contributed by atoms with E-state index in [1.54, 1.807) is 19.2 Å². The fraction of sp³-hybridized carbons (Fsp3) is 0.139. The van der Waals surface area contributed by atoms with Crippen LogP contribution in [0.2, 0.25) is 0 Å². The molecular formula is C36H26FNO2. The summed E-state index contributed by atoms with van der Waals surface area (Å²) in [6.07, 6.45) is 4.25. The number of methoxy groups -OCH3 is 1.